The van der Waals surface area contributed by atoms with Crippen molar-refractivity contribution in [3.05, 3.63) is 35.7 Å². The molecule has 0 saturated carbocycles. The van der Waals surface area contributed by atoms with Gasteiger partial charge in [0.1, 0.15) is 0 Å². The second-order valence-corrected chi connectivity index (χ2v) is 5.32. The standard InChI is InChI=1S/C16H25N3/c1-2-9-19-16(11-13-6-4-3-5-7-13)14-12-18-10-8-15(14)17/h6,8,10,12,16,19H,2-5,7,9,11H2,1H3,(H2,17,18). The largest absolute Gasteiger partial charge is 0.398 e. The fourth-order valence-electron chi connectivity index (χ4n) is 2.67. The molecule has 1 aliphatic carbocycles. The number of aromatic nitrogens is 1. The third-order valence-electron chi connectivity index (χ3n) is 3.75. The molecule has 1 atom stereocenters. The summed E-state index contributed by atoms with van der Waals surface area (Å²) in [4.78, 5) is 4.23. The van der Waals surface area contributed by atoms with Gasteiger partial charge in [-0.3, -0.25) is 4.98 Å². The minimum Gasteiger partial charge on any atom is -0.398 e. The summed E-state index contributed by atoms with van der Waals surface area (Å²) in [5.74, 6) is 0. The summed E-state index contributed by atoms with van der Waals surface area (Å²) in [6, 6.07) is 2.20. The molecule has 1 heterocycles. The van der Waals surface area contributed by atoms with Crippen molar-refractivity contribution in [2.45, 2.75) is 51.5 Å². The average molecular weight is 259 g/mol. The average Bonchev–Trinajstić information content (AvgIpc) is 2.45. The fourth-order valence-corrected chi connectivity index (χ4v) is 2.67. The summed E-state index contributed by atoms with van der Waals surface area (Å²) in [7, 11) is 0. The molecular weight excluding hydrogens is 234 g/mol. The maximum atomic E-state index is 6.10. The highest BCUT2D eigenvalue weighted by Crippen LogP contribution is 2.29. The molecule has 0 radical (unpaired) electrons. The van der Waals surface area contributed by atoms with E-state index in [1.54, 1.807) is 11.8 Å². The first-order valence-electron chi connectivity index (χ1n) is 7.42. The van der Waals surface area contributed by atoms with Crippen molar-refractivity contribution in [2.24, 2.45) is 0 Å². The van der Waals surface area contributed by atoms with Crippen LogP contribution < -0.4 is 11.1 Å². The number of nitrogen functional groups attached to an aromatic ring is 1. The van der Waals surface area contributed by atoms with Crippen LogP contribution in [0.5, 0.6) is 0 Å². The summed E-state index contributed by atoms with van der Waals surface area (Å²) >= 11 is 0. The van der Waals surface area contributed by atoms with Crippen LogP contribution in [0.3, 0.4) is 0 Å². The van der Waals surface area contributed by atoms with Crippen molar-refractivity contribution < 1.29 is 0 Å². The predicted molar refractivity (Wildman–Crippen MR) is 80.9 cm³/mol. The Bertz CT molecular complexity index is 426. The van der Waals surface area contributed by atoms with Crippen LogP contribution in [0.2, 0.25) is 0 Å². The molecule has 0 spiro atoms. The molecule has 0 bridgehead atoms. The number of nitrogens with one attached hydrogen (secondary N) is 1. The predicted octanol–water partition coefficient (Wildman–Crippen LogP) is 3.60. The van der Waals surface area contributed by atoms with Gasteiger partial charge in [0.2, 0.25) is 0 Å². The second-order valence-electron chi connectivity index (χ2n) is 5.32. The van der Waals surface area contributed by atoms with Crippen LogP contribution in [-0.4, -0.2) is 11.5 Å². The smallest absolute Gasteiger partial charge is 0.0393 e. The normalized spacial score (nSPS) is 17.0. The minimum atomic E-state index is 0.304. The first-order valence-corrected chi connectivity index (χ1v) is 7.42. The van der Waals surface area contributed by atoms with Gasteiger partial charge in [-0.1, -0.05) is 18.6 Å². The van der Waals surface area contributed by atoms with Crippen molar-refractivity contribution in [1.82, 2.24) is 10.3 Å². The van der Waals surface area contributed by atoms with Gasteiger partial charge in [-0.15, -0.1) is 0 Å². The van der Waals surface area contributed by atoms with E-state index in [4.69, 9.17) is 5.73 Å². The number of anilines is 1. The monoisotopic (exact) mass is 259 g/mol. The van der Waals surface area contributed by atoms with Gasteiger partial charge in [-0.05, 0) is 51.1 Å². The SMILES string of the molecule is CCCNC(CC1=CCCCC1)c1cnccc1N. The highest BCUT2D eigenvalue weighted by atomic mass is 14.9. The quantitative estimate of drug-likeness (QED) is 0.767. The van der Waals surface area contributed by atoms with Crippen molar-refractivity contribution >= 4 is 5.69 Å². The van der Waals surface area contributed by atoms with Crippen LogP contribution in [0, 0.1) is 0 Å². The molecule has 0 fully saturated rings. The molecule has 0 saturated heterocycles. The van der Waals surface area contributed by atoms with Crippen molar-refractivity contribution in [3.8, 4) is 0 Å². The zero-order valence-electron chi connectivity index (χ0n) is 11.9. The Balaban J connectivity index is 2.11. The Hall–Kier alpha value is -1.35. The summed E-state index contributed by atoms with van der Waals surface area (Å²) in [5, 5.41) is 3.61. The molecule has 1 unspecified atom stereocenters. The molecular formula is C16H25N3. The van der Waals surface area contributed by atoms with E-state index in [-0.39, 0.29) is 0 Å². The topological polar surface area (TPSA) is 50.9 Å². The van der Waals surface area contributed by atoms with E-state index in [2.05, 4.69) is 23.3 Å². The molecule has 1 aromatic heterocycles. The van der Waals surface area contributed by atoms with Gasteiger partial charge in [0.05, 0.1) is 0 Å². The third kappa shape index (κ3) is 4.06. The van der Waals surface area contributed by atoms with Gasteiger partial charge in [-0.25, -0.2) is 0 Å². The first kappa shape index (κ1) is 14.1. The third-order valence-corrected chi connectivity index (χ3v) is 3.75. The maximum Gasteiger partial charge on any atom is 0.0393 e. The number of allylic oxidation sites excluding steroid dienone is 1. The van der Waals surface area contributed by atoms with Gasteiger partial charge < -0.3 is 11.1 Å². The highest BCUT2D eigenvalue weighted by Gasteiger charge is 2.16. The number of pyridine rings is 1. The summed E-state index contributed by atoms with van der Waals surface area (Å²) in [6.45, 7) is 3.21. The van der Waals surface area contributed by atoms with E-state index >= 15 is 0 Å². The fraction of sp³-hybridized carbons (Fsp3) is 0.562. The molecule has 1 aromatic rings. The van der Waals surface area contributed by atoms with E-state index < -0.39 is 0 Å². The van der Waals surface area contributed by atoms with Crippen LogP contribution in [-0.2, 0) is 0 Å². The summed E-state index contributed by atoms with van der Waals surface area (Å²) in [5.41, 5.74) is 9.66. The Labute approximate surface area is 116 Å². The van der Waals surface area contributed by atoms with E-state index in [1.807, 2.05) is 12.3 Å². The van der Waals surface area contributed by atoms with E-state index in [9.17, 15) is 0 Å². The molecule has 3 N–H and O–H groups in total. The Kier molecular flexibility index (Phi) is 5.40. The lowest BCUT2D eigenvalue weighted by atomic mass is 9.91. The minimum absolute atomic E-state index is 0.304. The number of rotatable bonds is 6. The van der Waals surface area contributed by atoms with Crippen molar-refractivity contribution in [2.75, 3.05) is 12.3 Å². The number of nitrogens with two attached hydrogens (primary N) is 1. The Morgan fingerprint density at radius 2 is 2.32 bits per heavy atom. The van der Waals surface area contributed by atoms with Crippen LogP contribution in [0.15, 0.2) is 30.1 Å². The molecule has 0 aliphatic heterocycles. The van der Waals surface area contributed by atoms with E-state index in [0.717, 1.165) is 30.6 Å². The van der Waals surface area contributed by atoms with Crippen LogP contribution >= 0.6 is 0 Å². The Morgan fingerprint density at radius 3 is 3.00 bits per heavy atom. The van der Waals surface area contributed by atoms with Crippen LogP contribution in [0.1, 0.15) is 57.1 Å². The van der Waals surface area contributed by atoms with Gasteiger partial charge in [-0.2, -0.15) is 0 Å². The van der Waals surface area contributed by atoms with Crippen molar-refractivity contribution in [3.63, 3.8) is 0 Å². The molecule has 3 heteroatoms. The molecule has 0 aromatic carbocycles. The lowest BCUT2D eigenvalue weighted by Gasteiger charge is -2.23. The lowest BCUT2D eigenvalue weighted by Crippen LogP contribution is -2.24. The van der Waals surface area contributed by atoms with Gasteiger partial charge in [0.15, 0.2) is 0 Å². The molecule has 0 amide bonds. The van der Waals surface area contributed by atoms with Gasteiger partial charge in [0, 0.05) is 29.7 Å². The maximum absolute atomic E-state index is 6.10. The first-order chi connectivity index (χ1) is 9.31. The number of nitrogens with zero attached hydrogens (tertiary/aromatic N) is 1. The van der Waals surface area contributed by atoms with E-state index in [1.165, 1.54) is 25.7 Å². The second kappa shape index (κ2) is 7.29. The molecule has 19 heavy (non-hydrogen) atoms. The zero-order chi connectivity index (χ0) is 13.5. The summed E-state index contributed by atoms with van der Waals surface area (Å²) < 4.78 is 0. The van der Waals surface area contributed by atoms with Gasteiger partial charge >= 0.3 is 0 Å². The van der Waals surface area contributed by atoms with Gasteiger partial charge in [0.25, 0.3) is 0 Å². The molecule has 104 valence electrons. The number of hydrogen-bond donors (Lipinski definition) is 2. The lowest BCUT2D eigenvalue weighted by molar-refractivity contribution is 0.511. The summed E-state index contributed by atoms with van der Waals surface area (Å²) in [6.07, 6.45) is 13.4. The highest BCUT2D eigenvalue weighted by molar-refractivity contribution is 5.46. The molecule has 1 aliphatic rings. The molecule has 2 rings (SSSR count). The van der Waals surface area contributed by atoms with Crippen LogP contribution in [0.25, 0.3) is 0 Å². The van der Waals surface area contributed by atoms with Crippen molar-refractivity contribution in [1.29, 1.82) is 0 Å². The number of hydrogen-bond acceptors (Lipinski definition) is 3. The zero-order valence-corrected chi connectivity index (χ0v) is 11.9. The Morgan fingerprint density at radius 1 is 1.42 bits per heavy atom. The van der Waals surface area contributed by atoms with E-state index in [0.29, 0.717) is 6.04 Å². The molecule has 3 nitrogen and oxygen atoms in total. The van der Waals surface area contributed by atoms with Crippen LogP contribution in [0.4, 0.5) is 5.69 Å².